The SMILES string of the molecule is CS(=O)(=O)c1cnc(-c2cnc3[nH]ccc3c2NC2CCCN(C(=O)CC#N)C2)o1. The number of aromatic amines is 1. The number of likely N-dealkylation sites (tertiary alicyclic amines) is 1. The summed E-state index contributed by atoms with van der Waals surface area (Å²) >= 11 is 0. The van der Waals surface area contributed by atoms with E-state index in [0.717, 1.165) is 24.5 Å². The Hall–Kier alpha value is -3.39. The summed E-state index contributed by atoms with van der Waals surface area (Å²) in [6.07, 6.45) is 7.07. The van der Waals surface area contributed by atoms with Crippen LogP contribution in [0, 0.1) is 11.3 Å². The van der Waals surface area contributed by atoms with Crippen LogP contribution in [0.25, 0.3) is 22.5 Å². The summed E-state index contributed by atoms with van der Waals surface area (Å²) in [4.78, 5) is 25.4. The number of hydrogen-bond donors (Lipinski definition) is 2. The van der Waals surface area contributed by atoms with E-state index in [4.69, 9.17) is 9.68 Å². The molecule has 3 aromatic heterocycles. The number of carbonyl (C=O) groups is 1. The van der Waals surface area contributed by atoms with Gasteiger partial charge in [-0.2, -0.15) is 5.26 Å². The summed E-state index contributed by atoms with van der Waals surface area (Å²) in [6.45, 7) is 1.09. The van der Waals surface area contributed by atoms with E-state index < -0.39 is 9.84 Å². The maximum Gasteiger partial charge on any atom is 0.238 e. The zero-order valence-electron chi connectivity index (χ0n) is 16.3. The average molecular weight is 428 g/mol. The van der Waals surface area contributed by atoms with Crippen LogP contribution in [0.15, 0.2) is 34.2 Å². The van der Waals surface area contributed by atoms with Crippen molar-refractivity contribution >= 4 is 32.5 Å². The van der Waals surface area contributed by atoms with Crippen molar-refractivity contribution in [3.8, 4) is 17.5 Å². The van der Waals surface area contributed by atoms with Crippen molar-refractivity contribution in [3.63, 3.8) is 0 Å². The topological polar surface area (TPSA) is 145 Å². The highest BCUT2D eigenvalue weighted by Gasteiger charge is 2.26. The molecule has 1 saturated heterocycles. The van der Waals surface area contributed by atoms with Gasteiger partial charge in [-0.3, -0.25) is 4.79 Å². The highest BCUT2D eigenvalue weighted by Crippen LogP contribution is 2.35. The number of H-pyrrole nitrogens is 1. The largest absolute Gasteiger partial charge is 0.425 e. The Morgan fingerprint density at radius 3 is 3.00 bits per heavy atom. The molecule has 0 saturated carbocycles. The first-order chi connectivity index (χ1) is 14.4. The third-order valence-corrected chi connectivity index (χ3v) is 5.94. The lowest BCUT2D eigenvalue weighted by Crippen LogP contribution is -2.45. The van der Waals surface area contributed by atoms with Crippen molar-refractivity contribution in [1.29, 1.82) is 5.26 Å². The standard InChI is InChI=1S/C19H20N6O4S/c1-30(27,28)16-10-23-19(29-16)14-9-22-18-13(5-7-21-18)17(14)24-12-3-2-8-25(11-12)15(26)4-6-20/h5,7,9-10,12H,2-4,8,11H2,1H3,(H2,21,22,24). The number of piperidine rings is 1. The minimum absolute atomic E-state index is 0.0509. The van der Waals surface area contributed by atoms with E-state index in [9.17, 15) is 13.2 Å². The molecule has 0 radical (unpaired) electrons. The fourth-order valence-electron chi connectivity index (χ4n) is 3.59. The Morgan fingerprint density at radius 2 is 2.27 bits per heavy atom. The third-order valence-electron chi connectivity index (χ3n) is 5.02. The molecule has 11 heteroatoms. The van der Waals surface area contributed by atoms with Crippen molar-refractivity contribution in [1.82, 2.24) is 19.9 Å². The minimum Gasteiger partial charge on any atom is -0.425 e. The van der Waals surface area contributed by atoms with Crippen LogP contribution in [0.2, 0.25) is 0 Å². The van der Waals surface area contributed by atoms with Gasteiger partial charge in [0.05, 0.1) is 23.5 Å². The molecule has 1 aliphatic heterocycles. The molecule has 30 heavy (non-hydrogen) atoms. The van der Waals surface area contributed by atoms with Gasteiger partial charge in [0.1, 0.15) is 12.1 Å². The van der Waals surface area contributed by atoms with E-state index in [0.29, 0.717) is 30.0 Å². The zero-order chi connectivity index (χ0) is 21.3. The second-order valence-electron chi connectivity index (χ2n) is 7.20. The smallest absolute Gasteiger partial charge is 0.238 e. The van der Waals surface area contributed by atoms with Gasteiger partial charge in [0.25, 0.3) is 0 Å². The lowest BCUT2D eigenvalue weighted by atomic mass is 10.0. The fraction of sp³-hybridized carbons (Fsp3) is 0.368. The van der Waals surface area contributed by atoms with Crippen molar-refractivity contribution in [3.05, 3.63) is 24.7 Å². The first-order valence-corrected chi connectivity index (χ1v) is 11.3. The Labute approximate surface area is 172 Å². The number of oxazole rings is 1. The van der Waals surface area contributed by atoms with E-state index in [1.807, 2.05) is 12.1 Å². The second kappa shape index (κ2) is 7.79. The number of anilines is 1. The Bertz CT molecular complexity index is 1240. The summed E-state index contributed by atoms with van der Waals surface area (Å²) in [5, 5.41) is 12.8. The molecule has 1 aliphatic rings. The summed E-state index contributed by atoms with van der Waals surface area (Å²) in [6, 6.07) is 3.71. The molecule has 10 nitrogen and oxygen atoms in total. The Balaban J connectivity index is 1.69. The van der Waals surface area contributed by atoms with Crippen LogP contribution in [0.1, 0.15) is 19.3 Å². The highest BCUT2D eigenvalue weighted by molar-refractivity contribution is 7.90. The average Bonchev–Trinajstić information content (AvgIpc) is 3.38. The van der Waals surface area contributed by atoms with Crippen LogP contribution in [0.4, 0.5) is 5.69 Å². The number of carbonyl (C=O) groups excluding carboxylic acids is 1. The molecule has 0 aromatic carbocycles. The van der Waals surface area contributed by atoms with Crippen LogP contribution < -0.4 is 5.32 Å². The number of rotatable bonds is 5. The lowest BCUT2D eigenvalue weighted by Gasteiger charge is -2.33. The number of hydrogen-bond acceptors (Lipinski definition) is 8. The number of pyridine rings is 1. The van der Waals surface area contributed by atoms with Gasteiger partial charge in [0.2, 0.25) is 26.7 Å². The molecule has 1 unspecified atom stereocenters. The van der Waals surface area contributed by atoms with Crippen LogP contribution >= 0.6 is 0 Å². The van der Waals surface area contributed by atoms with Gasteiger partial charge in [0.15, 0.2) is 0 Å². The zero-order valence-corrected chi connectivity index (χ0v) is 17.1. The molecule has 4 heterocycles. The third kappa shape index (κ3) is 3.86. The van der Waals surface area contributed by atoms with Gasteiger partial charge in [-0.25, -0.2) is 18.4 Å². The monoisotopic (exact) mass is 428 g/mol. The number of aromatic nitrogens is 3. The lowest BCUT2D eigenvalue weighted by molar-refractivity contribution is -0.131. The molecule has 156 valence electrons. The molecule has 0 bridgehead atoms. The molecule has 1 atom stereocenters. The van der Waals surface area contributed by atoms with Crippen LogP contribution in [0.5, 0.6) is 0 Å². The number of amides is 1. The van der Waals surface area contributed by atoms with Crippen LogP contribution in [-0.2, 0) is 14.6 Å². The van der Waals surface area contributed by atoms with Crippen molar-refractivity contribution in [2.75, 3.05) is 24.7 Å². The van der Waals surface area contributed by atoms with Gasteiger partial charge in [0, 0.05) is 43.2 Å². The van der Waals surface area contributed by atoms with Crippen LogP contribution in [0.3, 0.4) is 0 Å². The predicted octanol–water partition coefficient (Wildman–Crippen LogP) is 1.94. The minimum atomic E-state index is -3.53. The first-order valence-electron chi connectivity index (χ1n) is 9.40. The van der Waals surface area contributed by atoms with Gasteiger partial charge in [-0.1, -0.05) is 0 Å². The van der Waals surface area contributed by atoms with Gasteiger partial charge >= 0.3 is 0 Å². The van der Waals surface area contributed by atoms with Gasteiger partial charge in [-0.15, -0.1) is 0 Å². The van der Waals surface area contributed by atoms with E-state index in [-0.39, 0.29) is 29.4 Å². The fourth-order valence-corrected chi connectivity index (χ4v) is 4.06. The molecular formula is C19H20N6O4S. The predicted molar refractivity (Wildman–Crippen MR) is 108 cm³/mol. The number of sulfone groups is 1. The summed E-state index contributed by atoms with van der Waals surface area (Å²) < 4.78 is 29.0. The molecule has 0 aliphatic carbocycles. The van der Waals surface area contributed by atoms with Gasteiger partial charge in [-0.05, 0) is 18.9 Å². The molecule has 1 amide bonds. The van der Waals surface area contributed by atoms with Crippen molar-refractivity contribution < 1.29 is 17.6 Å². The summed E-state index contributed by atoms with van der Waals surface area (Å²) in [7, 11) is -3.53. The van der Waals surface area contributed by atoms with Crippen molar-refractivity contribution in [2.45, 2.75) is 30.4 Å². The number of nitrogens with zero attached hydrogens (tertiary/aromatic N) is 4. The number of nitrogens with one attached hydrogen (secondary N) is 2. The Kier molecular flexibility index (Phi) is 5.17. The molecule has 0 spiro atoms. The van der Waals surface area contributed by atoms with E-state index in [1.54, 1.807) is 17.3 Å². The van der Waals surface area contributed by atoms with E-state index in [1.165, 1.54) is 6.20 Å². The molecular weight excluding hydrogens is 408 g/mol. The first kappa shape index (κ1) is 19.9. The molecule has 4 rings (SSSR count). The molecule has 1 fully saturated rings. The summed E-state index contributed by atoms with van der Waals surface area (Å²) in [5.74, 6) is -0.0435. The van der Waals surface area contributed by atoms with Crippen molar-refractivity contribution in [2.24, 2.45) is 0 Å². The number of fused-ring (bicyclic) bond motifs is 1. The van der Waals surface area contributed by atoms with Crippen LogP contribution in [-0.4, -0.2) is 59.6 Å². The normalized spacial score (nSPS) is 17.1. The Morgan fingerprint density at radius 1 is 1.43 bits per heavy atom. The van der Waals surface area contributed by atoms with Gasteiger partial charge < -0.3 is 19.6 Å². The quantitative estimate of drug-likeness (QED) is 0.627. The molecule has 2 N–H and O–H groups in total. The number of nitriles is 1. The van der Waals surface area contributed by atoms with E-state index >= 15 is 0 Å². The molecule has 3 aromatic rings. The maximum absolute atomic E-state index is 12.1. The van der Waals surface area contributed by atoms with E-state index in [2.05, 4.69) is 20.3 Å². The highest BCUT2D eigenvalue weighted by atomic mass is 32.2. The maximum atomic E-state index is 12.1. The summed E-state index contributed by atoms with van der Waals surface area (Å²) in [5.41, 5.74) is 1.88. The second-order valence-corrected chi connectivity index (χ2v) is 9.15.